The second kappa shape index (κ2) is 6.95. The van der Waals surface area contributed by atoms with Crippen LogP contribution >= 0.6 is 11.6 Å². The van der Waals surface area contributed by atoms with Gasteiger partial charge < -0.3 is 9.64 Å². The molecule has 0 aromatic heterocycles. The van der Waals surface area contributed by atoms with Crippen molar-refractivity contribution in [3.05, 3.63) is 33.8 Å². The van der Waals surface area contributed by atoms with E-state index < -0.39 is 11.0 Å². The van der Waals surface area contributed by atoms with Gasteiger partial charge in [0.15, 0.2) is 0 Å². The molecule has 0 N–H and O–H groups in total. The Bertz CT molecular complexity index is 824. The fourth-order valence-corrected chi connectivity index (χ4v) is 4.86. The molecule has 1 aromatic rings. The number of piperidine rings is 1. The Hall–Kier alpha value is -1.73. The Labute approximate surface area is 173 Å². The summed E-state index contributed by atoms with van der Waals surface area (Å²) in [6.45, 7) is 13.1. The third-order valence-corrected chi connectivity index (χ3v) is 6.81. The topological polar surface area (TPSA) is 53.3 Å². The lowest BCUT2D eigenvalue weighted by molar-refractivity contribution is 0.0158. The predicted octanol–water partition coefficient (Wildman–Crippen LogP) is 5.95. The molecular formula is C23H31ClN2O2. The average Bonchev–Trinajstić information content (AvgIpc) is 2.89. The molecule has 1 saturated heterocycles. The molecule has 4 nitrogen and oxygen atoms in total. The normalized spacial score (nSPS) is 21.4. The number of halogens is 1. The highest BCUT2D eigenvalue weighted by atomic mass is 35.5. The van der Waals surface area contributed by atoms with Crippen molar-refractivity contribution >= 4 is 17.7 Å². The van der Waals surface area contributed by atoms with Crippen molar-refractivity contribution in [2.45, 2.75) is 77.7 Å². The molecule has 1 unspecified atom stereocenters. The van der Waals surface area contributed by atoms with Gasteiger partial charge in [-0.05, 0) is 89.0 Å². The van der Waals surface area contributed by atoms with Crippen molar-refractivity contribution in [3.8, 4) is 6.07 Å². The van der Waals surface area contributed by atoms with Crippen LogP contribution in [0.4, 0.5) is 4.79 Å². The summed E-state index contributed by atoms with van der Waals surface area (Å²) >= 11 is 6.49. The van der Waals surface area contributed by atoms with Crippen molar-refractivity contribution < 1.29 is 9.53 Å². The van der Waals surface area contributed by atoms with Gasteiger partial charge in [0.25, 0.3) is 0 Å². The number of ether oxygens (including phenoxy) is 1. The fourth-order valence-electron chi connectivity index (χ4n) is 4.70. The summed E-state index contributed by atoms with van der Waals surface area (Å²) in [4.78, 5) is 14.3. The molecular weight excluding hydrogens is 372 g/mol. The van der Waals surface area contributed by atoms with E-state index in [9.17, 15) is 10.1 Å². The first-order chi connectivity index (χ1) is 12.9. The number of hydrogen-bond donors (Lipinski definition) is 0. The number of nitriles is 1. The van der Waals surface area contributed by atoms with E-state index in [1.165, 1.54) is 11.1 Å². The Morgan fingerprint density at radius 3 is 2.39 bits per heavy atom. The maximum atomic E-state index is 12.5. The van der Waals surface area contributed by atoms with Crippen LogP contribution in [0, 0.1) is 23.7 Å². The summed E-state index contributed by atoms with van der Waals surface area (Å²) in [6, 6.07) is 6.81. The van der Waals surface area contributed by atoms with Gasteiger partial charge >= 0.3 is 6.09 Å². The summed E-state index contributed by atoms with van der Waals surface area (Å²) in [5.74, 6) is 0.177. The largest absolute Gasteiger partial charge is 0.444 e. The van der Waals surface area contributed by atoms with Crippen LogP contribution < -0.4 is 0 Å². The van der Waals surface area contributed by atoms with Gasteiger partial charge in [0.1, 0.15) is 5.60 Å². The zero-order valence-corrected chi connectivity index (χ0v) is 18.6. The first-order valence-electron chi connectivity index (χ1n) is 10.1. The second-order valence-electron chi connectivity index (χ2n) is 10.0. The number of amides is 1. The molecule has 2 aliphatic rings. The first-order valence-corrected chi connectivity index (χ1v) is 10.5. The highest BCUT2D eigenvalue weighted by Gasteiger charge is 2.50. The third kappa shape index (κ3) is 3.74. The maximum Gasteiger partial charge on any atom is 0.410 e. The van der Waals surface area contributed by atoms with Gasteiger partial charge in [-0.2, -0.15) is 5.26 Å². The smallest absolute Gasteiger partial charge is 0.410 e. The van der Waals surface area contributed by atoms with Crippen LogP contribution in [-0.2, 0) is 10.2 Å². The molecule has 0 bridgehead atoms. The maximum absolute atomic E-state index is 12.5. The minimum Gasteiger partial charge on any atom is -0.444 e. The van der Waals surface area contributed by atoms with Crippen LogP contribution in [0.3, 0.4) is 0 Å². The van der Waals surface area contributed by atoms with Crippen LogP contribution in [0.15, 0.2) is 12.1 Å². The minimum atomic E-state index is -0.487. The highest BCUT2D eigenvalue weighted by Crippen LogP contribution is 2.57. The number of benzene rings is 1. The quantitative estimate of drug-likeness (QED) is 0.582. The second-order valence-corrected chi connectivity index (χ2v) is 10.4. The fraction of sp³-hybridized carbons (Fsp3) is 0.652. The van der Waals surface area contributed by atoms with E-state index in [0.717, 1.165) is 29.8 Å². The van der Waals surface area contributed by atoms with Crippen LogP contribution in [0.5, 0.6) is 0 Å². The standard InChI is InChI=1S/C23H31ClN2O2/c1-15-11-16-17(12-19(15)24)23(13-18(16)22(5,6)14-25)7-9-26(10-8-23)20(27)28-21(2,3)4/h11-12,18H,7-10,13H2,1-6H3. The monoisotopic (exact) mass is 402 g/mol. The molecule has 1 spiro atoms. The molecule has 0 saturated carbocycles. The van der Waals surface area contributed by atoms with Gasteiger partial charge in [0.2, 0.25) is 0 Å². The van der Waals surface area contributed by atoms with Gasteiger partial charge in [-0.15, -0.1) is 0 Å². The van der Waals surface area contributed by atoms with Crippen molar-refractivity contribution in [2.75, 3.05) is 13.1 Å². The van der Waals surface area contributed by atoms with E-state index >= 15 is 0 Å². The number of fused-ring (bicyclic) bond motifs is 2. The summed E-state index contributed by atoms with van der Waals surface area (Å²) in [7, 11) is 0. The third-order valence-electron chi connectivity index (χ3n) is 6.40. The van der Waals surface area contributed by atoms with Gasteiger partial charge in [-0.3, -0.25) is 0 Å². The van der Waals surface area contributed by atoms with E-state index in [1.54, 1.807) is 0 Å². The number of likely N-dealkylation sites (tertiary alicyclic amines) is 1. The zero-order valence-electron chi connectivity index (χ0n) is 17.9. The number of carbonyl (C=O) groups is 1. The predicted molar refractivity (Wildman–Crippen MR) is 112 cm³/mol. The number of hydrogen-bond acceptors (Lipinski definition) is 3. The first kappa shape index (κ1) is 21.0. The molecule has 152 valence electrons. The molecule has 3 rings (SSSR count). The van der Waals surface area contributed by atoms with E-state index in [4.69, 9.17) is 16.3 Å². The molecule has 1 atom stereocenters. The molecule has 1 amide bonds. The Morgan fingerprint density at radius 1 is 1.25 bits per heavy atom. The Kier molecular flexibility index (Phi) is 5.21. The van der Waals surface area contributed by atoms with Crippen LogP contribution in [0.2, 0.25) is 5.02 Å². The van der Waals surface area contributed by atoms with Gasteiger partial charge in [-0.25, -0.2) is 4.79 Å². The van der Waals surface area contributed by atoms with Crippen molar-refractivity contribution in [2.24, 2.45) is 5.41 Å². The Balaban J connectivity index is 1.89. The lowest BCUT2D eigenvalue weighted by Crippen LogP contribution is -2.46. The summed E-state index contributed by atoms with van der Waals surface area (Å²) < 4.78 is 5.55. The van der Waals surface area contributed by atoms with Crippen LogP contribution in [-0.4, -0.2) is 29.7 Å². The molecule has 1 heterocycles. The molecule has 1 aliphatic heterocycles. The van der Waals surface area contributed by atoms with E-state index in [1.807, 2.05) is 46.4 Å². The molecule has 1 aliphatic carbocycles. The SMILES string of the molecule is Cc1cc2c(cc1Cl)C1(CCN(C(=O)OC(C)(C)C)CC1)CC2C(C)(C)C#N. The summed E-state index contributed by atoms with van der Waals surface area (Å²) in [5, 5.41) is 10.5. The molecule has 0 radical (unpaired) electrons. The van der Waals surface area contributed by atoms with Crippen LogP contribution in [0.25, 0.3) is 0 Å². The number of rotatable bonds is 1. The lowest BCUT2D eigenvalue weighted by atomic mass is 9.70. The van der Waals surface area contributed by atoms with E-state index in [2.05, 4.69) is 18.2 Å². The van der Waals surface area contributed by atoms with E-state index in [-0.39, 0.29) is 17.4 Å². The number of nitrogens with zero attached hydrogens (tertiary/aromatic N) is 2. The lowest BCUT2D eigenvalue weighted by Gasteiger charge is -2.41. The summed E-state index contributed by atoms with van der Waals surface area (Å²) in [5.41, 5.74) is 2.64. The molecule has 1 aromatic carbocycles. The molecule has 5 heteroatoms. The number of aryl methyl sites for hydroxylation is 1. The van der Waals surface area contributed by atoms with Gasteiger partial charge in [0, 0.05) is 24.0 Å². The Morgan fingerprint density at radius 2 is 1.86 bits per heavy atom. The average molecular weight is 403 g/mol. The minimum absolute atomic E-state index is 0.0238. The molecule has 28 heavy (non-hydrogen) atoms. The van der Waals surface area contributed by atoms with Gasteiger partial charge in [0.05, 0.1) is 11.5 Å². The zero-order chi connectivity index (χ0) is 20.9. The summed E-state index contributed by atoms with van der Waals surface area (Å²) in [6.07, 6.45) is 2.44. The van der Waals surface area contributed by atoms with Crippen LogP contribution in [0.1, 0.15) is 76.5 Å². The van der Waals surface area contributed by atoms with Gasteiger partial charge in [-0.1, -0.05) is 17.7 Å². The van der Waals surface area contributed by atoms with Crippen molar-refractivity contribution in [3.63, 3.8) is 0 Å². The van der Waals surface area contributed by atoms with E-state index in [0.29, 0.717) is 13.1 Å². The van der Waals surface area contributed by atoms with Crippen molar-refractivity contribution in [1.82, 2.24) is 4.90 Å². The van der Waals surface area contributed by atoms with Crippen molar-refractivity contribution in [1.29, 1.82) is 5.26 Å². The number of carbonyl (C=O) groups excluding carboxylic acids is 1. The molecule has 1 fully saturated rings. The highest BCUT2D eigenvalue weighted by molar-refractivity contribution is 6.31.